The average molecular weight is 298 g/mol. The highest BCUT2D eigenvalue weighted by molar-refractivity contribution is 5.96. The van der Waals surface area contributed by atoms with Gasteiger partial charge in [0.2, 0.25) is 5.91 Å². The van der Waals surface area contributed by atoms with Crippen LogP contribution in [0.3, 0.4) is 0 Å². The highest BCUT2D eigenvalue weighted by Crippen LogP contribution is 2.22. The molecule has 0 unspecified atom stereocenters. The van der Waals surface area contributed by atoms with Gasteiger partial charge in [-0.3, -0.25) is 9.59 Å². The molecule has 1 fully saturated rings. The smallest absolute Gasteiger partial charge is 0.251 e. The van der Waals surface area contributed by atoms with E-state index in [0.717, 1.165) is 31.7 Å². The fraction of sp³-hybridized carbons (Fsp3) is 0.429. The third-order valence-corrected chi connectivity index (χ3v) is 3.35. The molecule has 0 atom stereocenters. The van der Waals surface area contributed by atoms with Crippen LogP contribution >= 0.6 is 0 Å². The lowest BCUT2D eigenvalue weighted by Crippen LogP contribution is -2.23. The Labute approximate surface area is 120 Å². The summed E-state index contributed by atoms with van der Waals surface area (Å²) in [6.45, 7) is -0.215. The zero-order valence-electron chi connectivity index (χ0n) is 11.3. The van der Waals surface area contributed by atoms with E-state index in [1.165, 1.54) is 0 Å². The number of nitrogens with two attached hydrogens (primary N) is 1. The summed E-state index contributed by atoms with van der Waals surface area (Å²) in [6, 6.07) is 1.38. The lowest BCUT2D eigenvalue weighted by molar-refractivity contribution is -0.122. The molecule has 1 aromatic carbocycles. The zero-order valence-corrected chi connectivity index (χ0v) is 11.3. The summed E-state index contributed by atoms with van der Waals surface area (Å²) in [5.41, 5.74) is 4.18. The van der Waals surface area contributed by atoms with Crippen molar-refractivity contribution in [2.75, 3.05) is 11.9 Å². The second-order valence-electron chi connectivity index (χ2n) is 4.94. The van der Waals surface area contributed by atoms with Gasteiger partial charge in [-0.05, 0) is 18.9 Å². The van der Waals surface area contributed by atoms with Gasteiger partial charge < -0.3 is 15.8 Å². The van der Waals surface area contributed by atoms with Gasteiger partial charge in [0.1, 0.15) is 18.2 Å². The number of primary amides is 1. The number of carbonyl (C=O) groups is 2. The SMILES string of the molecule is NC(=O)c1cc(NC(=O)COC2CCCC2)c(F)cc1F. The number of amides is 2. The predicted molar refractivity (Wildman–Crippen MR) is 71.7 cm³/mol. The first-order chi connectivity index (χ1) is 9.97. The number of hydrogen-bond acceptors (Lipinski definition) is 3. The van der Waals surface area contributed by atoms with Crippen LogP contribution in [0.15, 0.2) is 12.1 Å². The Hall–Kier alpha value is -2.02. The van der Waals surface area contributed by atoms with E-state index in [1.807, 2.05) is 0 Å². The Morgan fingerprint density at radius 2 is 1.90 bits per heavy atom. The standard InChI is InChI=1S/C14H16F2N2O3/c15-10-6-11(16)12(5-9(10)14(17)20)18-13(19)7-21-8-3-1-2-4-8/h5-6,8H,1-4,7H2,(H2,17,20)(H,18,19). The van der Waals surface area contributed by atoms with Crippen LogP contribution < -0.4 is 11.1 Å². The first-order valence-corrected chi connectivity index (χ1v) is 6.67. The number of ether oxygens (including phenoxy) is 1. The van der Waals surface area contributed by atoms with Crippen LogP contribution in [0.2, 0.25) is 0 Å². The molecular formula is C14H16F2N2O3. The summed E-state index contributed by atoms with van der Waals surface area (Å²) < 4.78 is 32.2. The van der Waals surface area contributed by atoms with Crippen LogP contribution in [0.25, 0.3) is 0 Å². The minimum atomic E-state index is -1.07. The summed E-state index contributed by atoms with van der Waals surface area (Å²) in [5.74, 6) is -3.65. The average Bonchev–Trinajstić information content (AvgIpc) is 2.92. The maximum absolute atomic E-state index is 13.5. The van der Waals surface area contributed by atoms with Crippen molar-refractivity contribution in [1.82, 2.24) is 0 Å². The summed E-state index contributed by atoms with van der Waals surface area (Å²) >= 11 is 0. The fourth-order valence-corrected chi connectivity index (χ4v) is 2.27. The summed E-state index contributed by atoms with van der Waals surface area (Å²) in [4.78, 5) is 22.7. The van der Waals surface area contributed by atoms with E-state index in [0.29, 0.717) is 6.07 Å². The van der Waals surface area contributed by atoms with E-state index < -0.39 is 29.0 Å². The lowest BCUT2D eigenvalue weighted by Gasteiger charge is -2.12. The highest BCUT2D eigenvalue weighted by Gasteiger charge is 2.18. The van der Waals surface area contributed by atoms with Crippen LogP contribution in [-0.4, -0.2) is 24.5 Å². The molecule has 7 heteroatoms. The molecule has 0 aliphatic heterocycles. The van der Waals surface area contributed by atoms with Gasteiger partial charge in [-0.15, -0.1) is 0 Å². The fourth-order valence-electron chi connectivity index (χ4n) is 2.27. The van der Waals surface area contributed by atoms with Crippen molar-refractivity contribution in [3.63, 3.8) is 0 Å². The van der Waals surface area contributed by atoms with Gasteiger partial charge in [0.15, 0.2) is 0 Å². The topological polar surface area (TPSA) is 81.4 Å². The van der Waals surface area contributed by atoms with E-state index in [9.17, 15) is 18.4 Å². The number of benzene rings is 1. The molecule has 21 heavy (non-hydrogen) atoms. The third kappa shape index (κ3) is 3.98. The van der Waals surface area contributed by atoms with Crippen molar-refractivity contribution < 1.29 is 23.1 Å². The van der Waals surface area contributed by atoms with Crippen molar-refractivity contribution in [2.45, 2.75) is 31.8 Å². The normalized spacial score (nSPS) is 15.1. The maximum atomic E-state index is 13.5. The Morgan fingerprint density at radius 1 is 1.24 bits per heavy atom. The number of carbonyl (C=O) groups excluding carboxylic acids is 2. The number of anilines is 1. The number of halogens is 2. The molecule has 114 valence electrons. The Morgan fingerprint density at radius 3 is 2.52 bits per heavy atom. The van der Waals surface area contributed by atoms with Crippen molar-refractivity contribution >= 4 is 17.5 Å². The van der Waals surface area contributed by atoms with Gasteiger partial charge in [-0.1, -0.05) is 12.8 Å². The van der Waals surface area contributed by atoms with Gasteiger partial charge in [0, 0.05) is 6.07 Å². The number of hydrogen-bond donors (Lipinski definition) is 2. The Balaban J connectivity index is 1.99. The van der Waals surface area contributed by atoms with Crippen LogP contribution in [0.4, 0.5) is 14.5 Å². The van der Waals surface area contributed by atoms with Gasteiger partial charge in [0.05, 0.1) is 17.4 Å². The molecule has 1 aromatic rings. The minimum absolute atomic E-state index is 0.0509. The number of rotatable bonds is 5. The molecule has 0 aromatic heterocycles. The molecule has 0 saturated heterocycles. The molecule has 0 bridgehead atoms. The molecule has 5 nitrogen and oxygen atoms in total. The van der Waals surface area contributed by atoms with Crippen LogP contribution in [-0.2, 0) is 9.53 Å². The van der Waals surface area contributed by atoms with Crippen LogP contribution in [0, 0.1) is 11.6 Å². The quantitative estimate of drug-likeness (QED) is 0.872. The minimum Gasteiger partial charge on any atom is -0.368 e. The molecule has 1 aliphatic carbocycles. The van der Waals surface area contributed by atoms with Crippen molar-refractivity contribution in [3.05, 3.63) is 29.3 Å². The molecule has 0 radical (unpaired) electrons. The first kappa shape index (κ1) is 15.4. The van der Waals surface area contributed by atoms with Crippen molar-refractivity contribution in [2.24, 2.45) is 5.73 Å². The monoisotopic (exact) mass is 298 g/mol. The van der Waals surface area contributed by atoms with Gasteiger partial charge >= 0.3 is 0 Å². The Bertz CT molecular complexity index is 557. The highest BCUT2D eigenvalue weighted by atomic mass is 19.1. The molecule has 0 heterocycles. The number of nitrogens with one attached hydrogen (secondary N) is 1. The lowest BCUT2D eigenvalue weighted by atomic mass is 10.1. The first-order valence-electron chi connectivity index (χ1n) is 6.67. The third-order valence-electron chi connectivity index (χ3n) is 3.35. The largest absolute Gasteiger partial charge is 0.368 e. The van der Waals surface area contributed by atoms with Crippen LogP contribution in [0.5, 0.6) is 0 Å². The summed E-state index contributed by atoms with van der Waals surface area (Å²) in [6.07, 6.45) is 4.01. The Kier molecular flexibility index (Phi) is 4.85. The van der Waals surface area contributed by atoms with E-state index in [-0.39, 0.29) is 18.4 Å². The van der Waals surface area contributed by atoms with Gasteiger partial charge in [-0.2, -0.15) is 0 Å². The van der Waals surface area contributed by atoms with E-state index >= 15 is 0 Å². The molecule has 3 N–H and O–H groups in total. The molecule has 0 spiro atoms. The molecule has 1 aliphatic rings. The summed E-state index contributed by atoms with van der Waals surface area (Å²) in [5, 5.41) is 2.24. The van der Waals surface area contributed by atoms with Gasteiger partial charge in [-0.25, -0.2) is 8.78 Å². The van der Waals surface area contributed by atoms with Crippen molar-refractivity contribution in [1.29, 1.82) is 0 Å². The predicted octanol–water partition coefficient (Wildman–Crippen LogP) is 1.96. The molecule has 1 saturated carbocycles. The zero-order chi connectivity index (χ0) is 15.4. The molecule has 2 rings (SSSR count). The van der Waals surface area contributed by atoms with E-state index in [2.05, 4.69) is 5.32 Å². The van der Waals surface area contributed by atoms with Gasteiger partial charge in [0.25, 0.3) is 5.91 Å². The van der Waals surface area contributed by atoms with Crippen molar-refractivity contribution in [3.8, 4) is 0 Å². The second-order valence-corrected chi connectivity index (χ2v) is 4.94. The maximum Gasteiger partial charge on any atom is 0.251 e. The summed E-state index contributed by atoms with van der Waals surface area (Å²) in [7, 11) is 0. The van der Waals surface area contributed by atoms with Crippen LogP contribution in [0.1, 0.15) is 36.0 Å². The van der Waals surface area contributed by atoms with E-state index in [4.69, 9.17) is 10.5 Å². The molecule has 2 amide bonds. The molecular weight excluding hydrogens is 282 g/mol. The second kappa shape index (κ2) is 6.62. The van der Waals surface area contributed by atoms with E-state index in [1.54, 1.807) is 0 Å².